The second-order valence-electron chi connectivity index (χ2n) is 5.01. The molecule has 0 amide bonds. The Balaban J connectivity index is 2.08. The zero-order valence-electron chi connectivity index (χ0n) is 12.2. The molecule has 0 spiro atoms. The number of nitrogens with two attached hydrogens (primary N) is 1. The van der Waals surface area contributed by atoms with Crippen LogP contribution in [0.2, 0.25) is 0 Å². The van der Waals surface area contributed by atoms with E-state index in [1.807, 2.05) is 12.1 Å². The molecule has 0 radical (unpaired) electrons. The van der Waals surface area contributed by atoms with Crippen LogP contribution in [0.3, 0.4) is 0 Å². The van der Waals surface area contributed by atoms with Crippen LogP contribution in [0.5, 0.6) is 0 Å². The molecule has 1 heterocycles. The number of hydrogen-bond acceptors (Lipinski definition) is 4. The van der Waals surface area contributed by atoms with Gasteiger partial charge in [0.2, 0.25) is 0 Å². The van der Waals surface area contributed by atoms with Gasteiger partial charge in [0, 0.05) is 18.8 Å². The normalized spacial score (nSPS) is 13.1. The lowest BCUT2D eigenvalue weighted by atomic mass is 10.1. The van der Waals surface area contributed by atoms with Gasteiger partial charge >= 0.3 is 0 Å². The van der Waals surface area contributed by atoms with E-state index in [9.17, 15) is 0 Å². The first kappa shape index (κ1) is 15.0. The Morgan fingerprint density at radius 2 is 2.05 bits per heavy atom. The van der Waals surface area contributed by atoms with Crippen molar-refractivity contribution in [3.63, 3.8) is 0 Å². The Kier molecular flexibility index (Phi) is 4.90. The van der Waals surface area contributed by atoms with Gasteiger partial charge in [-0.25, -0.2) is 0 Å². The lowest BCUT2D eigenvalue weighted by molar-refractivity contribution is 0.318. The van der Waals surface area contributed by atoms with Crippen molar-refractivity contribution in [3.05, 3.63) is 65.0 Å². The number of pyridine rings is 1. The SMILES string of the molecule is Cc1ccc([C@H](C)NCc2cccnc2/C(N)=N/O)cc1. The predicted octanol–water partition coefficient (Wildman–Crippen LogP) is 2.34. The summed E-state index contributed by atoms with van der Waals surface area (Å²) in [5, 5.41) is 15.2. The summed E-state index contributed by atoms with van der Waals surface area (Å²) in [6.45, 7) is 4.76. The third kappa shape index (κ3) is 3.79. The van der Waals surface area contributed by atoms with E-state index < -0.39 is 0 Å². The molecule has 1 aromatic heterocycles. The zero-order valence-corrected chi connectivity index (χ0v) is 12.2. The average molecular weight is 284 g/mol. The van der Waals surface area contributed by atoms with Crippen LogP contribution in [0, 0.1) is 6.92 Å². The highest BCUT2D eigenvalue weighted by Gasteiger charge is 2.10. The molecule has 110 valence electrons. The summed E-state index contributed by atoms with van der Waals surface area (Å²) >= 11 is 0. The van der Waals surface area contributed by atoms with Gasteiger partial charge in [-0.15, -0.1) is 0 Å². The van der Waals surface area contributed by atoms with Crippen molar-refractivity contribution < 1.29 is 5.21 Å². The van der Waals surface area contributed by atoms with E-state index in [-0.39, 0.29) is 11.9 Å². The minimum Gasteiger partial charge on any atom is -0.409 e. The van der Waals surface area contributed by atoms with Crippen LogP contribution in [0.4, 0.5) is 0 Å². The Labute approximate surface area is 124 Å². The van der Waals surface area contributed by atoms with Crippen molar-refractivity contribution in [3.8, 4) is 0 Å². The molecule has 0 aliphatic rings. The van der Waals surface area contributed by atoms with Crippen LogP contribution in [0.15, 0.2) is 47.8 Å². The van der Waals surface area contributed by atoms with Crippen molar-refractivity contribution in [2.24, 2.45) is 10.9 Å². The monoisotopic (exact) mass is 284 g/mol. The molecule has 0 unspecified atom stereocenters. The van der Waals surface area contributed by atoms with Gasteiger partial charge < -0.3 is 16.3 Å². The van der Waals surface area contributed by atoms with Gasteiger partial charge in [0.25, 0.3) is 0 Å². The van der Waals surface area contributed by atoms with Crippen LogP contribution in [0.25, 0.3) is 0 Å². The Bertz CT molecular complexity index is 622. The molecule has 4 N–H and O–H groups in total. The first-order chi connectivity index (χ1) is 10.1. The maximum atomic E-state index is 8.80. The number of rotatable bonds is 5. The summed E-state index contributed by atoms with van der Waals surface area (Å²) in [5.41, 5.74) is 9.50. The van der Waals surface area contributed by atoms with Crippen LogP contribution in [-0.4, -0.2) is 16.0 Å². The Hall–Kier alpha value is -2.40. The third-order valence-electron chi connectivity index (χ3n) is 3.42. The van der Waals surface area contributed by atoms with E-state index in [2.05, 4.69) is 53.6 Å². The van der Waals surface area contributed by atoms with Gasteiger partial charge in [0.15, 0.2) is 5.84 Å². The first-order valence-corrected chi connectivity index (χ1v) is 6.83. The minimum absolute atomic E-state index is 0.0235. The van der Waals surface area contributed by atoms with Crippen molar-refractivity contribution in [2.45, 2.75) is 26.4 Å². The molecule has 1 atom stereocenters. The van der Waals surface area contributed by atoms with E-state index in [1.165, 1.54) is 11.1 Å². The highest BCUT2D eigenvalue weighted by atomic mass is 16.4. The molecule has 5 nitrogen and oxygen atoms in total. The number of nitrogens with zero attached hydrogens (tertiary/aromatic N) is 2. The highest BCUT2D eigenvalue weighted by molar-refractivity contribution is 5.96. The van der Waals surface area contributed by atoms with Crippen LogP contribution < -0.4 is 11.1 Å². The van der Waals surface area contributed by atoms with Crippen molar-refractivity contribution in [2.75, 3.05) is 0 Å². The van der Waals surface area contributed by atoms with Crippen LogP contribution >= 0.6 is 0 Å². The van der Waals surface area contributed by atoms with E-state index in [1.54, 1.807) is 6.20 Å². The average Bonchev–Trinajstić information content (AvgIpc) is 2.52. The summed E-state index contributed by atoms with van der Waals surface area (Å²) in [7, 11) is 0. The second kappa shape index (κ2) is 6.85. The summed E-state index contributed by atoms with van der Waals surface area (Å²) in [4.78, 5) is 4.16. The van der Waals surface area contributed by atoms with Crippen molar-refractivity contribution in [1.29, 1.82) is 0 Å². The van der Waals surface area contributed by atoms with Gasteiger partial charge in [-0.05, 0) is 31.0 Å². The second-order valence-corrected chi connectivity index (χ2v) is 5.01. The topological polar surface area (TPSA) is 83.5 Å². The van der Waals surface area contributed by atoms with Gasteiger partial charge in [-0.3, -0.25) is 4.98 Å². The number of nitrogens with one attached hydrogen (secondary N) is 1. The molecule has 5 heteroatoms. The largest absolute Gasteiger partial charge is 0.409 e. The third-order valence-corrected chi connectivity index (χ3v) is 3.42. The smallest absolute Gasteiger partial charge is 0.189 e. The van der Waals surface area contributed by atoms with Crippen molar-refractivity contribution >= 4 is 5.84 Å². The summed E-state index contributed by atoms with van der Waals surface area (Å²) in [5.74, 6) is 0.0235. The van der Waals surface area contributed by atoms with Crippen LogP contribution in [-0.2, 0) is 6.54 Å². The molecule has 0 saturated carbocycles. The molecule has 0 aliphatic carbocycles. The number of benzene rings is 1. The molecule has 1 aromatic carbocycles. The first-order valence-electron chi connectivity index (χ1n) is 6.83. The molecule has 0 bridgehead atoms. The minimum atomic E-state index is 0.0235. The fourth-order valence-electron chi connectivity index (χ4n) is 2.10. The summed E-state index contributed by atoms with van der Waals surface area (Å²) < 4.78 is 0. The van der Waals surface area contributed by atoms with Gasteiger partial charge in [-0.2, -0.15) is 0 Å². The molecule has 0 fully saturated rings. The number of aromatic nitrogens is 1. The standard InChI is InChI=1S/C16H20N4O/c1-11-5-7-13(8-6-11)12(2)19-10-14-4-3-9-18-15(14)16(17)20-21/h3-9,12,19,21H,10H2,1-2H3,(H2,17,20)/t12-/m0/s1. The van der Waals surface area contributed by atoms with E-state index in [0.717, 1.165) is 5.56 Å². The molecule has 0 saturated heterocycles. The lowest BCUT2D eigenvalue weighted by Gasteiger charge is -2.15. The summed E-state index contributed by atoms with van der Waals surface area (Å²) in [6.07, 6.45) is 1.63. The predicted molar refractivity (Wildman–Crippen MR) is 83.2 cm³/mol. The molecule has 2 aromatic rings. The van der Waals surface area contributed by atoms with Gasteiger partial charge in [-0.1, -0.05) is 41.1 Å². The number of aryl methyl sites for hydroxylation is 1. The maximum absolute atomic E-state index is 8.80. The molecule has 0 aliphatic heterocycles. The summed E-state index contributed by atoms with van der Waals surface area (Å²) in [6, 6.07) is 12.4. The fraction of sp³-hybridized carbons (Fsp3) is 0.250. The molecule has 2 rings (SSSR count). The zero-order chi connectivity index (χ0) is 15.2. The molecular formula is C16H20N4O. The van der Waals surface area contributed by atoms with E-state index in [4.69, 9.17) is 10.9 Å². The number of amidine groups is 1. The highest BCUT2D eigenvalue weighted by Crippen LogP contribution is 2.14. The molecule has 21 heavy (non-hydrogen) atoms. The van der Waals surface area contributed by atoms with Crippen LogP contribution in [0.1, 0.15) is 35.3 Å². The van der Waals surface area contributed by atoms with Gasteiger partial charge in [0.05, 0.1) is 0 Å². The Morgan fingerprint density at radius 1 is 1.33 bits per heavy atom. The molecular weight excluding hydrogens is 264 g/mol. The van der Waals surface area contributed by atoms with Crippen molar-refractivity contribution in [1.82, 2.24) is 10.3 Å². The fourth-order valence-corrected chi connectivity index (χ4v) is 2.10. The van der Waals surface area contributed by atoms with E-state index in [0.29, 0.717) is 12.2 Å². The quantitative estimate of drug-likeness (QED) is 0.340. The number of hydrogen-bond donors (Lipinski definition) is 3. The number of oxime groups is 1. The van der Waals surface area contributed by atoms with E-state index >= 15 is 0 Å². The van der Waals surface area contributed by atoms with Gasteiger partial charge in [0.1, 0.15) is 5.69 Å². The Morgan fingerprint density at radius 3 is 2.71 bits per heavy atom. The lowest BCUT2D eigenvalue weighted by Crippen LogP contribution is -2.23. The maximum Gasteiger partial charge on any atom is 0.189 e.